The molecule has 2 aromatic rings. The Bertz CT molecular complexity index is 755. The zero-order chi connectivity index (χ0) is 17.1. The van der Waals surface area contributed by atoms with Crippen molar-refractivity contribution >= 4 is 34.0 Å². The predicted molar refractivity (Wildman–Crippen MR) is 95.9 cm³/mol. The topological polar surface area (TPSA) is 67.4 Å². The number of ether oxygens (including phenoxy) is 1. The lowest BCUT2D eigenvalue weighted by atomic mass is 9.88. The van der Waals surface area contributed by atoms with Gasteiger partial charge in [-0.25, -0.2) is 9.59 Å². The number of hydrogen-bond donors (Lipinski definition) is 2. The summed E-state index contributed by atoms with van der Waals surface area (Å²) in [5.41, 5.74) is 2.23. The Balaban J connectivity index is 1.84. The molecule has 1 heterocycles. The van der Waals surface area contributed by atoms with E-state index in [1.165, 1.54) is 23.3 Å². The van der Waals surface area contributed by atoms with E-state index in [1.54, 1.807) is 0 Å². The van der Waals surface area contributed by atoms with Crippen LogP contribution in [0.2, 0.25) is 0 Å². The lowest BCUT2D eigenvalue weighted by Crippen LogP contribution is -2.20. The molecule has 0 bridgehead atoms. The first-order valence-corrected chi connectivity index (χ1v) is 8.76. The van der Waals surface area contributed by atoms with Gasteiger partial charge in [0.05, 0.1) is 12.7 Å². The Morgan fingerprint density at radius 1 is 1.21 bits per heavy atom. The van der Waals surface area contributed by atoms with Gasteiger partial charge in [-0.05, 0) is 42.9 Å². The quantitative estimate of drug-likeness (QED) is 0.816. The molecular formula is C18H20N2O3S. The van der Waals surface area contributed by atoms with Crippen LogP contribution in [-0.4, -0.2) is 19.1 Å². The number of carbonyl (C=O) groups is 2. The van der Waals surface area contributed by atoms with Crippen LogP contribution in [0.4, 0.5) is 15.5 Å². The molecule has 2 N–H and O–H groups in total. The van der Waals surface area contributed by atoms with Crippen molar-refractivity contribution in [3.05, 3.63) is 46.3 Å². The van der Waals surface area contributed by atoms with Crippen molar-refractivity contribution in [3.8, 4) is 0 Å². The van der Waals surface area contributed by atoms with Crippen molar-refractivity contribution in [3.63, 3.8) is 0 Å². The summed E-state index contributed by atoms with van der Waals surface area (Å²) in [6.07, 6.45) is 2.83. The highest BCUT2D eigenvalue weighted by Crippen LogP contribution is 2.40. The van der Waals surface area contributed by atoms with Crippen LogP contribution in [0.3, 0.4) is 0 Å². The van der Waals surface area contributed by atoms with Crippen LogP contribution in [0, 0.1) is 5.92 Å². The highest BCUT2D eigenvalue weighted by Gasteiger charge is 2.28. The largest absolute Gasteiger partial charge is 0.465 e. The molecule has 0 saturated heterocycles. The molecule has 2 amide bonds. The maximum absolute atomic E-state index is 12.3. The van der Waals surface area contributed by atoms with Crippen LogP contribution in [-0.2, 0) is 17.6 Å². The average molecular weight is 344 g/mol. The Kier molecular flexibility index (Phi) is 4.85. The molecule has 5 nitrogen and oxygen atoms in total. The number of nitrogens with one attached hydrogen (secondary N) is 2. The monoisotopic (exact) mass is 344 g/mol. The number of fused-ring (bicyclic) bond motifs is 1. The van der Waals surface area contributed by atoms with E-state index in [-0.39, 0.29) is 6.03 Å². The summed E-state index contributed by atoms with van der Waals surface area (Å²) in [4.78, 5) is 25.6. The molecule has 126 valence electrons. The number of rotatable bonds is 3. The molecule has 6 heteroatoms. The average Bonchev–Trinajstić information content (AvgIpc) is 2.91. The van der Waals surface area contributed by atoms with Crippen LogP contribution in [0.5, 0.6) is 0 Å². The van der Waals surface area contributed by atoms with E-state index in [1.807, 2.05) is 30.3 Å². The van der Waals surface area contributed by atoms with Gasteiger partial charge in [0, 0.05) is 10.6 Å². The van der Waals surface area contributed by atoms with Crippen LogP contribution in [0.15, 0.2) is 30.3 Å². The molecule has 1 atom stereocenters. The van der Waals surface area contributed by atoms with Crippen molar-refractivity contribution in [1.29, 1.82) is 0 Å². The van der Waals surface area contributed by atoms with Gasteiger partial charge in [-0.15, -0.1) is 11.3 Å². The minimum atomic E-state index is -0.392. The maximum Gasteiger partial charge on any atom is 0.341 e. The standard InChI is InChI=1S/C18H20N2O3S/c1-11-8-9-13-14(10-11)24-16(15(13)17(21)23-2)20-18(22)19-12-6-4-3-5-7-12/h3-7,11H,8-10H2,1-2H3,(H2,19,20,22). The number of esters is 1. The van der Waals surface area contributed by atoms with Crippen molar-refractivity contribution in [2.75, 3.05) is 17.7 Å². The van der Waals surface area contributed by atoms with Crippen molar-refractivity contribution in [1.82, 2.24) is 0 Å². The van der Waals surface area contributed by atoms with E-state index in [4.69, 9.17) is 4.74 Å². The van der Waals surface area contributed by atoms with Gasteiger partial charge in [-0.2, -0.15) is 0 Å². The molecule has 1 aliphatic rings. The molecule has 1 unspecified atom stereocenters. The summed E-state index contributed by atoms with van der Waals surface area (Å²) >= 11 is 1.48. The van der Waals surface area contributed by atoms with E-state index in [9.17, 15) is 9.59 Å². The second kappa shape index (κ2) is 7.05. The second-order valence-corrected chi connectivity index (χ2v) is 7.10. The van der Waals surface area contributed by atoms with Crippen LogP contribution in [0.25, 0.3) is 0 Å². The zero-order valence-corrected chi connectivity index (χ0v) is 14.5. The first kappa shape index (κ1) is 16.5. The number of methoxy groups -OCH3 is 1. The molecular weight excluding hydrogens is 324 g/mol. The molecule has 0 saturated carbocycles. The Hall–Kier alpha value is -2.34. The Labute approximate surface area is 145 Å². The summed E-state index contributed by atoms with van der Waals surface area (Å²) in [6, 6.07) is 8.83. The number of urea groups is 1. The lowest BCUT2D eigenvalue weighted by molar-refractivity contribution is 0.0601. The fraction of sp³-hybridized carbons (Fsp3) is 0.333. The number of benzene rings is 1. The fourth-order valence-corrected chi connectivity index (χ4v) is 4.34. The summed E-state index contributed by atoms with van der Waals surface area (Å²) in [5, 5.41) is 6.15. The molecule has 0 fully saturated rings. The number of anilines is 2. The highest BCUT2D eigenvalue weighted by atomic mass is 32.1. The maximum atomic E-state index is 12.3. The SMILES string of the molecule is COC(=O)c1c(NC(=O)Nc2ccccc2)sc2c1CCC(C)C2. The van der Waals surface area contributed by atoms with Crippen molar-refractivity contribution < 1.29 is 14.3 Å². The van der Waals surface area contributed by atoms with E-state index < -0.39 is 5.97 Å². The number of carbonyl (C=O) groups excluding carboxylic acids is 2. The predicted octanol–water partition coefficient (Wildman–Crippen LogP) is 4.30. The molecule has 1 aromatic carbocycles. The van der Waals surface area contributed by atoms with Crippen molar-refractivity contribution in [2.45, 2.75) is 26.2 Å². The Morgan fingerprint density at radius 2 is 1.96 bits per heavy atom. The Morgan fingerprint density at radius 3 is 2.67 bits per heavy atom. The molecule has 3 rings (SSSR count). The summed E-state index contributed by atoms with van der Waals surface area (Å²) < 4.78 is 4.92. The first-order valence-electron chi connectivity index (χ1n) is 7.94. The normalized spacial score (nSPS) is 16.2. The fourth-order valence-electron chi connectivity index (χ4n) is 2.94. The molecule has 1 aromatic heterocycles. The number of para-hydroxylation sites is 1. The second-order valence-electron chi connectivity index (χ2n) is 5.99. The summed E-state index contributed by atoms with van der Waals surface area (Å²) in [7, 11) is 1.37. The van der Waals surface area contributed by atoms with E-state index >= 15 is 0 Å². The minimum Gasteiger partial charge on any atom is -0.465 e. The molecule has 24 heavy (non-hydrogen) atoms. The van der Waals surface area contributed by atoms with Gasteiger partial charge in [-0.3, -0.25) is 5.32 Å². The van der Waals surface area contributed by atoms with Gasteiger partial charge in [0.25, 0.3) is 0 Å². The molecule has 0 radical (unpaired) electrons. The van der Waals surface area contributed by atoms with Gasteiger partial charge in [0.15, 0.2) is 0 Å². The van der Waals surface area contributed by atoms with Gasteiger partial charge >= 0.3 is 12.0 Å². The van der Waals surface area contributed by atoms with Crippen LogP contribution >= 0.6 is 11.3 Å². The number of amides is 2. The minimum absolute atomic E-state index is 0.363. The summed E-state index contributed by atoms with van der Waals surface area (Å²) in [6.45, 7) is 2.20. The highest BCUT2D eigenvalue weighted by molar-refractivity contribution is 7.17. The zero-order valence-electron chi connectivity index (χ0n) is 13.7. The summed E-state index contributed by atoms with van der Waals surface area (Å²) in [5.74, 6) is 0.199. The van der Waals surface area contributed by atoms with Crippen LogP contribution in [0.1, 0.15) is 34.1 Å². The molecule has 0 spiro atoms. The van der Waals surface area contributed by atoms with E-state index in [2.05, 4.69) is 17.6 Å². The third kappa shape index (κ3) is 3.43. The van der Waals surface area contributed by atoms with Crippen LogP contribution < -0.4 is 10.6 Å². The van der Waals surface area contributed by atoms with Gasteiger partial charge < -0.3 is 10.1 Å². The molecule has 1 aliphatic carbocycles. The lowest BCUT2D eigenvalue weighted by Gasteiger charge is -2.18. The third-order valence-corrected chi connectivity index (χ3v) is 5.33. The van der Waals surface area contributed by atoms with Gasteiger partial charge in [-0.1, -0.05) is 25.1 Å². The molecule has 0 aliphatic heterocycles. The van der Waals surface area contributed by atoms with E-state index in [0.717, 1.165) is 24.8 Å². The van der Waals surface area contributed by atoms with E-state index in [0.29, 0.717) is 22.2 Å². The number of thiophene rings is 1. The third-order valence-electron chi connectivity index (χ3n) is 4.16. The first-order chi connectivity index (χ1) is 11.6. The smallest absolute Gasteiger partial charge is 0.341 e. The number of hydrogen-bond acceptors (Lipinski definition) is 4. The van der Waals surface area contributed by atoms with Gasteiger partial charge in [0.1, 0.15) is 5.00 Å². The van der Waals surface area contributed by atoms with Crippen molar-refractivity contribution in [2.24, 2.45) is 5.92 Å². The van der Waals surface area contributed by atoms with Gasteiger partial charge in [0.2, 0.25) is 0 Å².